The number of carbonyl (C=O) groups excluding carboxylic acids is 1. The molecule has 0 radical (unpaired) electrons. The van der Waals surface area contributed by atoms with Crippen molar-refractivity contribution in [3.63, 3.8) is 0 Å². The van der Waals surface area contributed by atoms with Crippen LogP contribution in [0.15, 0.2) is 0 Å². The van der Waals surface area contributed by atoms with E-state index in [1.807, 2.05) is 0 Å². The van der Waals surface area contributed by atoms with Gasteiger partial charge in [0, 0.05) is 0 Å². The molecular formula is C11H21NO3. The van der Waals surface area contributed by atoms with Crippen LogP contribution in [0.5, 0.6) is 0 Å². The quantitative estimate of drug-likeness (QED) is 0.681. The fourth-order valence-corrected chi connectivity index (χ4v) is 1.87. The molecule has 0 unspecified atom stereocenters. The lowest BCUT2D eigenvalue weighted by atomic mass is 9.89. The minimum absolute atomic E-state index is 0.00104. The Morgan fingerprint density at radius 1 is 1.47 bits per heavy atom. The van der Waals surface area contributed by atoms with E-state index < -0.39 is 12.1 Å². The highest BCUT2D eigenvalue weighted by molar-refractivity contribution is 5.74. The molecule has 0 spiro atoms. The van der Waals surface area contributed by atoms with E-state index in [1.54, 1.807) is 0 Å². The van der Waals surface area contributed by atoms with Crippen molar-refractivity contribution in [2.24, 2.45) is 11.7 Å². The van der Waals surface area contributed by atoms with Gasteiger partial charge in [0.15, 0.2) is 6.10 Å². The fraction of sp³-hybridized carbons (Fsp3) is 0.909. The zero-order chi connectivity index (χ0) is 11.3. The highest BCUT2D eigenvalue weighted by atomic mass is 16.6. The second-order valence-corrected chi connectivity index (χ2v) is 4.41. The van der Waals surface area contributed by atoms with Gasteiger partial charge in [0.2, 0.25) is 0 Å². The summed E-state index contributed by atoms with van der Waals surface area (Å²) in [5.74, 6) is 0.217. The molecule has 88 valence electrons. The van der Waals surface area contributed by atoms with E-state index in [9.17, 15) is 9.90 Å². The van der Waals surface area contributed by atoms with Crippen molar-refractivity contribution in [1.82, 2.24) is 0 Å². The van der Waals surface area contributed by atoms with Crippen LogP contribution in [0.25, 0.3) is 0 Å². The Morgan fingerprint density at radius 3 is 2.60 bits per heavy atom. The van der Waals surface area contributed by atoms with Crippen molar-refractivity contribution in [3.8, 4) is 0 Å². The van der Waals surface area contributed by atoms with E-state index in [4.69, 9.17) is 10.5 Å². The molecule has 0 aromatic carbocycles. The maximum Gasteiger partial charge on any atom is 0.335 e. The van der Waals surface area contributed by atoms with Gasteiger partial charge in [-0.05, 0) is 44.6 Å². The van der Waals surface area contributed by atoms with Crippen LogP contribution >= 0.6 is 0 Å². The van der Waals surface area contributed by atoms with Gasteiger partial charge in [-0.15, -0.1) is 0 Å². The second kappa shape index (κ2) is 6.08. The van der Waals surface area contributed by atoms with Crippen molar-refractivity contribution in [2.75, 3.05) is 6.54 Å². The summed E-state index contributed by atoms with van der Waals surface area (Å²) in [4.78, 5) is 11.4. The Bertz CT molecular complexity index is 200. The largest absolute Gasteiger partial charge is 0.460 e. The van der Waals surface area contributed by atoms with Gasteiger partial charge in [0.1, 0.15) is 6.10 Å². The summed E-state index contributed by atoms with van der Waals surface area (Å²) in [5.41, 5.74) is 5.25. The van der Waals surface area contributed by atoms with Gasteiger partial charge < -0.3 is 15.6 Å². The van der Waals surface area contributed by atoms with Gasteiger partial charge >= 0.3 is 5.97 Å². The second-order valence-electron chi connectivity index (χ2n) is 4.41. The number of aliphatic hydroxyl groups is 1. The van der Waals surface area contributed by atoms with E-state index in [-0.39, 0.29) is 12.5 Å². The normalized spacial score (nSPS) is 28.5. The fourth-order valence-electron chi connectivity index (χ4n) is 1.87. The third-order valence-corrected chi connectivity index (χ3v) is 2.96. The van der Waals surface area contributed by atoms with E-state index in [0.717, 1.165) is 31.6 Å². The van der Waals surface area contributed by atoms with Crippen LogP contribution in [0.1, 0.15) is 39.0 Å². The lowest BCUT2D eigenvalue weighted by Gasteiger charge is -2.26. The number of hydrogen-bond donors (Lipinski definition) is 2. The first-order valence-corrected chi connectivity index (χ1v) is 5.72. The van der Waals surface area contributed by atoms with Gasteiger partial charge in [-0.3, -0.25) is 0 Å². The molecule has 15 heavy (non-hydrogen) atoms. The summed E-state index contributed by atoms with van der Waals surface area (Å²) in [5, 5.41) is 9.35. The smallest absolute Gasteiger partial charge is 0.335 e. The Balaban J connectivity index is 2.25. The van der Waals surface area contributed by atoms with Crippen LogP contribution in [0.3, 0.4) is 0 Å². The average molecular weight is 215 g/mol. The summed E-state index contributed by atoms with van der Waals surface area (Å²) in [6, 6.07) is 0. The monoisotopic (exact) mass is 215 g/mol. The third kappa shape index (κ3) is 4.18. The Labute approximate surface area is 90.8 Å². The molecule has 1 saturated carbocycles. The van der Waals surface area contributed by atoms with E-state index in [2.05, 4.69) is 6.92 Å². The molecule has 0 aliphatic heterocycles. The molecule has 0 heterocycles. The number of nitrogens with two attached hydrogens (primary N) is 1. The average Bonchev–Trinajstić information content (AvgIpc) is 2.22. The molecule has 0 aromatic rings. The summed E-state index contributed by atoms with van der Waals surface area (Å²) in [6.45, 7) is 2.51. The minimum atomic E-state index is -1.05. The molecule has 4 nitrogen and oxygen atoms in total. The number of carbonyl (C=O) groups is 1. The minimum Gasteiger partial charge on any atom is -0.460 e. The first-order valence-electron chi connectivity index (χ1n) is 5.72. The number of hydrogen-bond acceptors (Lipinski definition) is 4. The number of aliphatic hydroxyl groups excluding tert-OH is 1. The molecule has 1 aliphatic carbocycles. The first-order chi connectivity index (χ1) is 7.13. The number of ether oxygens (including phenoxy) is 1. The highest BCUT2D eigenvalue weighted by Crippen LogP contribution is 2.25. The van der Waals surface area contributed by atoms with E-state index in [1.165, 1.54) is 0 Å². The molecule has 3 N–H and O–H groups in total. The molecule has 0 aromatic heterocycles. The molecular weight excluding hydrogens is 194 g/mol. The van der Waals surface area contributed by atoms with Crippen LogP contribution in [0.2, 0.25) is 0 Å². The van der Waals surface area contributed by atoms with Crippen LogP contribution in [-0.4, -0.2) is 29.8 Å². The van der Waals surface area contributed by atoms with E-state index in [0.29, 0.717) is 6.54 Å². The lowest BCUT2D eigenvalue weighted by molar-refractivity contribution is -0.161. The maximum atomic E-state index is 11.4. The molecule has 1 rings (SSSR count). The standard InChI is InChI=1S/C11H21NO3/c1-8-2-4-9(5-3-8)15-11(14)10(13)6-7-12/h8-10,13H,2-7,12H2,1H3/t8?,9?,10-/m0/s1. The summed E-state index contributed by atoms with van der Waals surface area (Å²) >= 11 is 0. The number of esters is 1. The SMILES string of the molecule is CC1CCC(OC(=O)[C@@H](O)CCN)CC1. The Hall–Kier alpha value is -0.610. The molecule has 0 saturated heterocycles. The van der Waals surface area contributed by atoms with Crippen LogP contribution in [0.4, 0.5) is 0 Å². The molecule has 0 bridgehead atoms. The summed E-state index contributed by atoms with van der Waals surface area (Å²) in [7, 11) is 0. The van der Waals surface area contributed by atoms with Gasteiger partial charge in [0.05, 0.1) is 0 Å². The van der Waals surface area contributed by atoms with Crippen molar-refractivity contribution < 1.29 is 14.6 Å². The molecule has 1 atom stereocenters. The third-order valence-electron chi connectivity index (χ3n) is 2.96. The first kappa shape index (κ1) is 12.5. The van der Waals surface area contributed by atoms with Gasteiger partial charge in [-0.2, -0.15) is 0 Å². The lowest BCUT2D eigenvalue weighted by Crippen LogP contribution is -2.31. The Morgan fingerprint density at radius 2 is 2.07 bits per heavy atom. The topological polar surface area (TPSA) is 72.5 Å². The van der Waals surface area contributed by atoms with Crippen LogP contribution < -0.4 is 5.73 Å². The van der Waals surface area contributed by atoms with Gasteiger partial charge in [-0.25, -0.2) is 4.79 Å². The van der Waals surface area contributed by atoms with Gasteiger partial charge in [-0.1, -0.05) is 6.92 Å². The molecule has 1 aliphatic rings. The number of rotatable bonds is 4. The zero-order valence-electron chi connectivity index (χ0n) is 9.32. The molecule has 4 heteroatoms. The predicted octanol–water partition coefficient (Wildman–Crippen LogP) is 0.818. The van der Waals surface area contributed by atoms with Crippen molar-refractivity contribution in [1.29, 1.82) is 0 Å². The highest BCUT2D eigenvalue weighted by Gasteiger charge is 2.24. The van der Waals surface area contributed by atoms with Gasteiger partial charge in [0.25, 0.3) is 0 Å². The summed E-state index contributed by atoms with van der Waals surface area (Å²) in [6.07, 6.45) is 3.28. The molecule has 0 amide bonds. The summed E-state index contributed by atoms with van der Waals surface area (Å²) < 4.78 is 5.21. The van der Waals surface area contributed by atoms with Crippen LogP contribution in [-0.2, 0) is 9.53 Å². The molecule has 1 fully saturated rings. The van der Waals surface area contributed by atoms with Crippen molar-refractivity contribution in [3.05, 3.63) is 0 Å². The van der Waals surface area contributed by atoms with Crippen molar-refractivity contribution >= 4 is 5.97 Å². The van der Waals surface area contributed by atoms with E-state index >= 15 is 0 Å². The van der Waals surface area contributed by atoms with Crippen LogP contribution in [0, 0.1) is 5.92 Å². The predicted molar refractivity (Wildman–Crippen MR) is 57.2 cm³/mol. The zero-order valence-corrected chi connectivity index (χ0v) is 9.32. The van der Waals surface area contributed by atoms with Crippen molar-refractivity contribution in [2.45, 2.75) is 51.2 Å². The maximum absolute atomic E-state index is 11.4. The Kier molecular flexibility index (Phi) is 5.05.